The van der Waals surface area contributed by atoms with Crippen LogP contribution in [0.1, 0.15) is 59.8 Å². The van der Waals surface area contributed by atoms with Crippen molar-refractivity contribution in [2.24, 2.45) is 0 Å². The fourth-order valence-electron chi connectivity index (χ4n) is 2.00. The van der Waals surface area contributed by atoms with Gasteiger partial charge < -0.3 is 9.64 Å². The van der Waals surface area contributed by atoms with Gasteiger partial charge in [-0.25, -0.2) is 4.79 Å². The van der Waals surface area contributed by atoms with E-state index in [9.17, 15) is 4.79 Å². The Kier molecular flexibility index (Phi) is 10.6. The largest absolute Gasteiger partial charge is 0.459 e. The van der Waals surface area contributed by atoms with Crippen molar-refractivity contribution >= 4 is 5.97 Å². The molecule has 0 aromatic rings. The van der Waals surface area contributed by atoms with Gasteiger partial charge in [-0.2, -0.15) is 0 Å². The number of carbonyl (C=O) groups is 1. The summed E-state index contributed by atoms with van der Waals surface area (Å²) in [7, 11) is 0. The average molecular weight is 269 g/mol. The summed E-state index contributed by atoms with van der Waals surface area (Å²) >= 11 is 0. The number of hydrogen-bond acceptors (Lipinski definition) is 3. The van der Waals surface area contributed by atoms with Gasteiger partial charge in [-0.05, 0) is 52.7 Å². The van der Waals surface area contributed by atoms with Gasteiger partial charge in [0.05, 0.1) is 6.10 Å². The van der Waals surface area contributed by atoms with Crippen molar-refractivity contribution in [2.75, 3.05) is 19.6 Å². The topological polar surface area (TPSA) is 29.5 Å². The van der Waals surface area contributed by atoms with Crippen LogP contribution in [0.4, 0.5) is 0 Å². The van der Waals surface area contributed by atoms with Crippen molar-refractivity contribution < 1.29 is 9.53 Å². The molecule has 0 aromatic carbocycles. The van der Waals surface area contributed by atoms with Crippen molar-refractivity contribution in [3.05, 3.63) is 12.2 Å². The zero-order valence-electron chi connectivity index (χ0n) is 13.2. The van der Waals surface area contributed by atoms with E-state index in [0.29, 0.717) is 5.57 Å². The molecule has 0 bridgehead atoms. The molecule has 0 heterocycles. The van der Waals surface area contributed by atoms with Gasteiger partial charge in [-0.15, -0.1) is 0 Å². The third-order valence-corrected chi connectivity index (χ3v) is 3.39. The van der Waals surface area contributed by atoms with Gasteiger partial charge >= 0.3 is 5.97 Å². The van der Waals surface area contributed by atoms with Gasteiger partial charge in [0.2, 0.25) is 0 Å². The van der Waals surface area contributed by atoms with Crippen LogP contribution in [0.5, 0.6) is 0 Å². The molecule has 0 N–H and O–H groups in total. The normalized spacial score (nSPS) is 12.5. The second-order valence-corrected chi connectivity index (χ2v) is 5.23. The van der Waals surface area contributed by atoms with Gasteiger partial charge in [-0.3, -0.25) is 0 Å². The van der Waals surface area contributed by atoms with Crippen LogP contribution in [0.2, 0.25) is 0 Å². The quantitative estimate of drug-likeness (QED) is 0.325. The summed E-state index contributed by atoms with van der Waals surface area (Å²) in [5, 5.41) is 0. The third-order valence-electron chi connectivity index (χ3n) is 3.39. The standard InChI is InChI=1S/C16H31NO2/c1-6-17(7-2)13-11-9-8-10-12-15(5)19-16(18)14(3)4/h15H,3,6-13H2,1-2,4-5H3. The lowest BCUT2D eigenvalue weighted by atomic mass is 10.1. The van der Waals surface area contributed by atoms with E-state index in [0.717, 1.165) is 25.9 Å². The first-order valence-electron chi connectivity index (χ1n) is 7.60. The van der Waals surface area contributed by atoms with Gasteiger partial charge in [0, 0.05) is 5.57 Å². The van der Waals surface area contributed by atoms with Gasteiger partial charge in [0.15, 0.2) is 0 Å². The predicted molar refractivity (Wildman–Crippen MR) is 81.2 cm³/mol. The van der Waals surface area contributed by atoms with Crippen molar-refractivity contribution in [2.45, 2.75) is 65.9 Å². The molecule has 0 aliphatic rings. The maximum Gasteiger partial charge on any atom is 0.333 e. The van der Waals surface area contributed by atoms with E-state index in [1.54, 1.807) is 6.92 Å². The smallest absolute Gasteiger partial charge is 0.333 e. The zero-order valence-corrected chi connectivity index (χ0v) is 13.2. The van der Waals surface area contributed by atoms with Crippen molar-refractivity contribution in [3.8, 4) is 0 Å². The summed E-state index contributed by atoms with van der Waals surface area (Å²) < 4.78 is 5.24. The Hall–Kier alpha value is -0.830. The number of unbranched alkanes of at least 4 members (excludes halogenated alkanes) is 3. The minimum absolute atomic E-state index is 0.00646. The van der Waals surface area contributed by atoms with E-state index in [-0.39, 0.29) is 12.1 Å². The van der Waals surface area contributed by atoms with E-state index in [1.807, 2.05) is 6.92 Å². The Bertz CT molecular complexity index is 259. The molecule has 19 heavy (non-hydrogen) atoms. The molecule has 112 valence electrons. The maximum absolute atomic E-state index is 11.3. The summed E-state index contributed by atoms with van der Waals surface area (Å²) in [6.07, 6.45) is 5.83. The second kappa shape index (κ2) is 11.0. The summed E-state index contributed by atoms with van der Waals surface area (Å²) in [6.45, 7) is 15.1. The Morgan fingerprint density at radius 2 is 1.74 bits per heavy atom. The highest BCUT2D eigenvalue weighted by Crippen LogP contribution is 2.10. The molecular formula is C16H31NO2. The molecule has 0 saturated heterocycles. The molecule has 0 aliphatic carbocycles. The SMILES string of the molecule is C=C(C)C(=O)OC(C)CCCCCCN(CC)CC. The molecule has 1 atom stereocenters. The molecule has 0 saturated carbocycles. The van der Waals surface area contributed by atoms with Crippen molar-refractivity contribution in [1.29, 1.82) is 0 Å². The molecule has 0 radical (unpaired) electrons. The molecule has 0 fully saturated rings. The van der Waals surface area contributed by atoms with E-state index in [1.165, 1.54) is 25.8 Å². The maximum atomic E-state index is 11.3. The molecule has 0 rings (SSSR count). The fourth-order valence-corrected chi connectivity index (χ4v) is 2.00. The van der Waals surface area contributed by atoms with E-state index < -0.39 is 0 Å². The lowest BCUT2D eigenvalue weighted by Crippen LogP contribution is -2.23. The Balaban J connectivity index is 3.48. The average Bonchev–Trinajstić information content (AvgIpc) is 2.37. The first-order chi connectivity index (χ1) is 9.01. The molecule has 0 aliphatic heterocycles. The molecular weight excluding hydrogens is 238 g/mol. The van der Waals surface area contributed by atoms with Crippen molar-refractivity contribution in [1.82, 2.24) is 4.90 Å². The van der Waals surface area contributed by atoms with Crippen LogP contribution in [0, 0.1) is 0 Å². The van der Waals surface area contributed by atoms with Crippen molar-refractivity contribution in [3.63, 3.8) is 0 Å². The minimum atomic E-state index is -0.269. The zero-order chi connectivity index (χ0) is 14.7. The van der Waals surface area contributed by atoms with Crippen LogP contribution in [0.3, 0.4) is 0 Å². The van der Waals surface area contributed by atoms with Crippen LogP contribution >= 0.6 is 0 Å². The van der Waals surface area contributed by atoms with Crippen LogP contribution in [0.25, 0.3) is 0 Å². The molecule has 1 unspecified atom stereocenters. The minimum Gasteiger partial charge on any atom is -0.459 e. The first-order valence-corrected chi connectivity index (χ1v) is 7.60. The summed E-state index contributed by atoms with van der Waals surface area (Å²) in [5.41, 5.74) is 0.478. The monoisotopic (exact) mass is 269 g/mol. The van der Waals surface area contributed by atoms with Crippen LogP contribution in [-0.4, -0.2) is 36.6 Å². The number of esters is 1. The van der Waals surface area contributed by atoms with Gasteiger partial charge in [0.25, 0.3) is 0 Å². The highest BCUT2D eigenvalue weighted by molar-refractivity contribution is 5.87. The van der Waals surface area contributed by atoms with Gasteiger partial charge in [0.1, 0.15) is 0 Å². The first kappa shape index (κ1) is 18.2. The Morgan fingerprint density at radius 3 is 2.26 bits per heavy atom. The lowest BCUT2D eigenvalue weighted by Gasteiger charge is -2.17. The van der Waals surface area contributed by atoms with Crippen LogP contribution in [-0.2, 0) is 9.53 Å². The number of rotatable bonds is 11. The van der Waals surface area contributed by atoms with Crippen LogP contribution < -0.4 is 0 Å². The molecule has 0 amide bonds. The number of nitrogens with zero attached hydrogens (tertiary/aromatic N) is 1. The van der Waals surface area contributed by atoms with E-state index in [4.69, 9.17) is 4.74 Å². The second-order valence-electron chi connectivity index (χ2n) is 5.23. The summed E-state index contributed by atoms with van der Waals surface area (Å²) in [4.78, 5) is 13.8. The lowest BCUT2D eigenvalue weighted by molar-refractivity contribution is -0.143. The molecule has 0 spiro atoms. The predicted octanol–water partition coefficient (Wildman–Crippen LogP) is 3.79. The number of carbonyl (C=O) groups excluding carboxylic acids is 1. The van der Waals surface area contributed by atoms with Gasteiger partial charge in [-0.1, -0.05) is 33.3 Å². The van der Waals surface area contributed by atoms with E-state index in [2.05, 4.69) is 25.3 Å². The van der Waals surface area contributed by atoms with E-state index >= 15 is 0 Å². The Labute approximate surface area is 119 Å². The number of hydrogen-bond donors (Lipinski definition) is 0. The van der Waals surface area contributed by atoms with Crippen LogP contribution in [0.15, 0.2) is 12.2 Å². The highest BCUT2D eigenvalue weighted by atomic mass is 16.5. The highest BCUT2D eigenvalue weighted by Gasteiger charge is 2.09. The summed E-state index contributed by atoms with van der Waals surface area (Å²) in [6, 6.07) is 0. The number of ether oxygens (including phenoxy) is 1. The fraction of sp³-hybridized carbons (Fsp3) is 0.812. The Morgan fingerprint density at radius 1 is 1.16 bits per heavy atom. The molecule has 3 heteroatoms. The molecule has 3 nitrogen and oxygen atoms in total. The molecule has 0 aromatic heterocycles. The summed E-state index contributed by atoms with van der Waals surface area (Å²) in [5.74, 6) is -0.269. The third kappa shape index (κ3) is 9.71.